The van der Waals surface area contributed by atoms with Gasteiger partial charge in [0.1, 0.15) is 0 Å². The summed E-state index contributed by atoms with van der Waals surface area (Å²) in [5.41, 5.74) is 0.513. The first-order chi connectivity index (χ1) is 18.5. The smallest absolute Gasteiger partial charge is 0.254 e. The van der Waals surface area contributed by atoms with Crippen molar-refractivity contribution < 1.29 is 23.8 Å². The Morgan fingerprint density at radius 3 is 2.21 bits per heavy atom. The number of nitrogens with zero attached hydrogens (tertiary/aromatic N) is 4. The normalized spacial score (nSPS) is 16.0. The summed E-state index contributed by atoms with van der Waals surface area (Å²) in [6.07, 6.45) is 4.54. The predicted molar refractivity (Wildman–Crippen MR) is 149 cm³/mol. The minimum Gasteiger partial charge on any atom is -0.490 e. The highest BCUT2D eigenvalue weighted by Gasteiger charge is 2.27. The van der Waals surface area contributed by atoms with Crippen molar-refractivity contribution in [2.24, 2.45) is 0 Å². The summed E-state index contributed by atoms with van der Waals surface area (Å²) >= 11 is 2.91. The van der Waals surface area contributed by atoms with Crippen LogP contribution in [0.5, 0.6) is 17.2 Å². The van der Waals surface area contributed by atoms with Crippen molar-refractivity contribution in [2.75, 3.05) is 56.7 Å². The van der Waals surface area contributed by atoms with Crippen LogP contribution in [0, 0.1) is 0 Å². The summed E-state index contributed by atoms with van der Waals surface area (Å²) in [6, 6.07) is 3.80. The van der Waals surface area contributed by atoms with Crippen LogP contribution in [0.2, 0.25) is 0 Å². The number of nitrogens with one attached hydrogen (secondary N) is 1. The summed E-state index contributed by atoms with van der Waals surface area (Å²) in [4.78, 5) is 29.6. The zero-order valence-corrected chi connectivity index (χ0v) is 24.0. The van der Waals surface area contributed by atoms with Crippen molar-refractivity contribution in [3.63, 3.8) is 0 Å². The first-order valence-electron chi connectivity index (χ1n) is 13.4. The summed E-state index contributed by atoms with van der Waals surface area (Å²) < 4.78 is 18.1. The van der Waals surface area contributed by atoms with Crippen molar-refractivity contribution in [3.8, 4) is 17.2 Å². The Morgan fingerprint density at radius 2 is 1.61 bits per heavy atom. The summed E-state index contributed by atoms with van der Waals surface area (Å²) in [5.74, 6) is 1.88. The van der Waals surface area contributed by atoms with Crippen LogP contribution in [0.1, 0.15) is 56.8 Å². The van der Waals surface area contributed by atoms with Crippen LogP contribution in [0.15, 0.2) is 16.5 Å². The molecular formula is C26H37N5O5S2. The molecule has 1 aromatic heterocycles. The number of amides is 2. The van der Waals surface area contributed by atoms with Gasteiger partial charge in [0.25, 0.3) is 5.91 Å². The number of rotatable bonds is 12. The van der Waals surface area contributed by atoms with Crippen LogP contribution in [0.4, 0.5) is 5.13 Å². The van der Waals surface area contributed by atoms with Gasteiger partial charge in [0.05, 0.1) is 25.6 Å². The van der Waals surface area contributed by atoms with Crippen molar-refractivity contribution in [2.45, 2.75) is 56.8 Å². The average Bonchev–Trinajstić information content (AvgIpc) is 3.61. The lowest BCUT2D eigenvalue weighted by atomic mass is 10.1. The molecule has 2 aromatic rings. The highest BCUT2D eigenvalue weighted by atomic mass is 32.2. The minimum absolute atomic E-state index is 0.0556. The van der Waals surface area contributed by atoms with Gasteiger partial charge in [-0.25, -0.2) is 0 Å². The fourth-order valence-electron chi connectivity index (χ4n) is 4.65. The summed E-state index contributed by atoms with van der Waals surface area (Å²) in [6.45, 7) is 9.50. The molecule has 10 nitrogen and oxygen atoms in total. The van der Waals surface area contributed by atoms with E-state index in [2.05, 4.69) is 20.4 Å². The Kier molecular flexibility index (Phi) is 10.3. The Balaban J connectivity index is 1.33. The van der Waals surface area contributed by atoms with E-state index in [0.29, 0.717) is 80.6 Å². The molecule has 0 radical (unpaired) electrons. The number of anilines is 1. The first kappa shape index (κ1) is 28.3. The van der Waals surface area contributed by atoms with Crippen molar-refractivity contribution in [1.82, 2.24) is 20.4 Å². The highest BCUT2D eigenvalue weighted by molar-refractivity contribution is 8.01. The van der Waals surface area contributed by atoms with Gasteiger partial charge in [-0.05, 0) is 45.7 Å². The Morgan fingerprint density at radius 1 is 0.974 bits per heavy atom. The van der Waals surface area contributed by atoms with Crippen molar-refractivity contribution >= 4 is 40.0 Å². The van der Waals surface area contributed by atoms with E-state index in [1.54, 1.807) is 12.1 Å². The molecule has 0 spiro atoms. The van der Waals surface area contributed by atoms with Gasteiger partial charge in [-0.2, -0.15) is 0 Å². The molecule has 2 amide bonds. The Labute approximate surface area is 232 Å². The van der Waals surface area contributed by atoms with Gasteiger partial charge in [0, 0.05) is 37.8 Å². The molecule has 1 N–H and O–H groups in total. The maximum absolute atomic E-state index is 13.4. The number of hydrogen-bond donors (Lipinski definition) is 1. The van der Waals surface area contributed by atoms with Crippen molar-refractivity contribution in [1.29, 1.82) is 0 Å². The topological polar surface area (TPSA) is 106 Å². The van der Waals surface area contributed by atoms with Crippen LogP contribution in [0.25, 0.3) is 0 Å². The molecule has 1 aliphatic heterocycles. The third-order valence-electron chi connectivity index (χ3n) is 6.44. The Bertz CT molecular complexity index is 1060. The van der Waals surface area contributed by atoms with E-state index in [-0.39, 0.29) is 11.8 Å². The molecule has 1 aliphatic carbocycles. The van der Waals surface area contributed by atoms with Crippen LogP contribution >= 0.6 is 23.1 Å². The van der Waals surface area contributed by atoms with Gasteiger partial charge in [0.15, 0.2) is 15.8 Å². The van der Waals surface area contributed by atoms with Gasteiger partial charge in [0.2, 0.25) is 16.8 Å². The van der Waals surface area contributed by atoms with E-state index >= 15 is 0 Å². The van der Waals surface area contributed by atoms with E-state index in [0.717, 1.165) is 22.3 Å². The molecule has 1 aromatic carbocycles. The zero-order valence-electron chi connectivity index (χ0n) is 22.4. The number of ether oxygens (including phenoxy) is 3. The van der Waals surface area contributed by atoms with Crippen LogP contribution in [-0.4, -0.2) is 84.7 Å². The Hall–Kier alpha value is -2.73. The summed E-state index contributed by atoms with van der Waals surface area (Å²) in [7, 11) is 0. The maximum atomic E-state index is 13.4. The van der Waals surface area contributed by atoms with Crippen LogP contribution in [-0.2, 0) is 4.79 Å². The quantitative estimate of drug-likeness (QED) is 0.386. The molecule has 2 aliphatic rings. The molecule has 4 rings (SSSR count). The van der Waals surface area contributed by atoms with Crippen LogP contribution in [0.3, 0.4) is 0 Å². The van der Waals surface area contributed by atoms with Gasteiger partial charge in [-0.1, -0.05) is 35.9 Å². The lowest BCUT2D eigenvalue weighted by Gasteiger charge is -2.34. The minimum atomic E-state index is -0.0728. The first-order valence-corrected chi connectivity index (χ1v) is 15.2. The monoisotopic (exact) mass is 563 g/mol. The van der Waals surface area contributed by atoms with Gasteiger partial charge >= 0.3 is 0 Å². The fourth-order valence-corrected chi connectivity index (χ4v) is 6.35. The number of piperazine rings is 1. The molecule has 1 saturated heterocycles. The standard InChI is InChI=1S/C26H37N5O5S2/c1-4-34-20-15-18(16-21(35-5-2)23(20)36-6-3)24(33)30-11-13-31(14-12-30)25-28-29-26(38-25)37-17-22(32)27-19-9-7-8-10-19/h15-16,19H,4-14,17H2,1-3H3,(H,27,32). The molecule has 2 fully saturated rings. The fraction of sp³-hybridized carbons (Fsp3) is 0.615. The van der Waals surface area contributed by atoms with E-state index in [4.69, 9.17) is 14.2 Å². The van der Waals surface area contributed by atoms with E-state index < -0.39 is 0 Å². The molecule has 0 unspecified atom stereocenters. The van der Waals surface area contributed by atoms with Crippen LogP contribution < -0.4 is 24.4 Å². The SMILES string of the molecule is CCOc1cc(C(=O)N2CCN(c3nnc(SCC(=O)NC4CCCC4)s3)CC2)cc(OCC)c1OCC. The van der Waals surface area contributed by atoms with E-state index in [1.165, 1.54) is 35.9 Å². The van der Waals surface area contributed by atoms with Gasteiger partial charge in [-0.3, -0.25) is 9.59 Å². The molecule has 12 heteroatoms. The zero-order chi connectivity index (χ0) is 26.9. The molecule has 2 heterocycles. The number of carbonyl (C=O) groups excluding carboxylic acids is 2. The molecular weight excluding hydrogens is 526 g/mol. The number of benzene rings is 1. The van der Waals surface area contributed by atoms with E-state index in [1.807, 2.05) is 25.7 Å². The summed E-state index contributed by atoms with van der Waals surface area (Å²) in [5, 5.41) is 12.5. The van der Waals surface area contributed by atoms with Crippen molar-refractivity contribution in [3.05, 3.63) is 17.7 Å². The second-order valence-electron chi connectivity index (χ2n) is 9.07. The molecule has 1 saturated carbocycles. The third kappa shape index (κ3) is 7.22. The number of thioether (sulfide) groups is 1. The van der Waals surface area contributed by atoms with Gasteiger partial charge in [-0.15, -0.1) is 10.2 Å². The number of aromatic nitrogens is 2. The number of hydrogen-bond acceptors (Lipinski definition) is 10. The number of carbonyl (C=O) groups is 2. The second-order valence-corrected chi connectivity index (χ2v) is 11.2. The predicted octanol–water partition coefficient (Wildman–Crippen LogP) is 3.85. The average molecular weight is 564 g/mol. The van der Waals surface area contributed by atoms with E-state index in [9.17, 15) is 9.59 Å². The third-order valence-corrected chi connectivity index (χ3v) is 8.55. The molecule has 38 heavy (non-hydrogen) atoms. The lowest BCUT2D eigenvalue weighted by Crippen LogP contribution is -2.48. The largest absolute Gasteiger partial charge is 0.490 e. The highest BCUT2D eigenvalue weighted by Crippen LogP contribution is 2.39. The second kappa shape index (κ2) is 13.9. The molecule has 0 bridgehead atoms. The molecule has 0 atom stereocenters. The van der Waals surface area contributed by atoms with Gasteiger partial charge < -0.3 is 29.3 Å². The lowest BCUT2D eigenvalue weighted by molar-refractivity contribution is -0.119. The molecule has 208 valence electrons. The maximum Gasteiger partial charge on any atom is 0.254 e.